The molecule has 0 spiro atoms. The Morgan fingerprint density at radius 2 is 2.00 bits per heavy atom. The Morgan fingerprint density at radius 3 is 2.57 bits per heavy atom. The van der Waals surface area contributed by atoms with Gasteiger partial charge in [-0.1, -0.05) is 12.1 Å². The Hall–Kier alpha value is -0.730. The lowest BCUT2D eigenvalue weighted by Gasteiger charge is -2.28. The molecular weight excluding hydrogens is 198 g/mol. The molecule has 1 N–H and O–H groups in total. The van der Waals surface area contributed by atoms with Gasteiger partial charge in [-0.3, -0.25) is 0 Å². The van der Waals surface area contributed by atoms with Gasteiger partial charge in [0.05, 0.1) is 0 Å². The van der Waals surface area contributed by atoms with Crippen LogP contribution >= 0.6 is 12.4 Å². The first kappa shape index (κ1) is 11.3. The highest BCUT2D eigenvalue weighted by Crippen LogP contribution is 2.22. The van der Waals surface area contributed by atoms with E-state index >= 15 is 0 Å². The summed E-state index contributed by atoms with van der Waals surface area (Å²) in [5.74, 6) is 1.03. The van der Waals surface area contributed by atoms with Gasteiger partial charge in [0.1, 0.15) is 11.9 Å². The van der Waals surface area contributed by atoms with E-state index in [9.17, 15) is 0 Å². The standard InChI is InChI=1S/C11H15NO.ClH/c1-8-4-3-5-11(9(8)2)13-10-6-12-7-10;/h3-5,10,12H,6-7H2,1-2H3;1H. The number of benzene rings is 1. The lowest BCUT2D eigenvalue weighted by Crippen LogP contribution is -2.50. The van der Waals surface area contributed by atoms with E-state index in [1.165, 1.54) is 11.1 Å². The minimum absolute atomic E-state index is 0. The van der Waals surface area contributed by atoms with Crippen molar-refractivity contribution in [2.24, 2.45) is 0 Å². The number of ether oxygens (including phenoxy) is 1. The van der Waals surface area contributed by atoms with E-state index < -0.39 is 0 Å². The largest absolute Gasteiger partial charge is 0.487 e. The van der Waals surface area contributed by atoms with Crippen LogP contribution in [0.15, 0.2) is 18.2 Å². The molecule has 2 rings (SSSR count). The zero-order valence-electron chi connectivity index (χ0n) is 8.54. The Bertz CT molecular complexity index is 310. The predicted octanol–water partition coefficient (Wildman–Crippen LogP) is 2.08. The number of rotatable bonds is 2. The molecule has 0 saturated carbocycles. The highest BCUT2D eigenvalue weighted by molar-refractivity contribution is 5.85. The fraction of sp³-hybridized carbons (Fsp3) is 0.455. The average Bonchev–Trinajstić information content (AvgIpc) is 2.04. The van der Waals surface area contributed by atoms with Crippen LogP contribution in [0.25, 0.3) is 0 Å². The normalized spacial score (nSPS) is 15.6. The molecule has 1 fully saturated rings. The number of hydrogen-bond donors (Lipinski definition) is 1. The smallest absolute Gasteiger partial charge is 0.123 e. The van der Waals surface area contributed by atoms with Crippen LogP contribution in [0.2, 0.25) is 0 Å². The summed E-state index contributed by atoms with van der Waals surface area (Å²) in [4.78, 5) is 0. The molecule has 0 aromatic heterocycles. The maximum Gasteiger partial charge on any atom is 0.123 e. The first-order valence-electron chi connectivity index (χ1n) is 4.71. The molecule has 1 aromatic carbocycles. The Kier molecular flexibility index (Phi) is 3.78. The summed E-state index contributed by atoms with van der Waals surface area (Å²) >= 11 is 0. The van der Waals surface area contributed by atoms with E-state index in [4.69, 9.17) is 4.74 Å². The van der Waals surface area contributed by atoms with E-state index in [0.29, 0.717) is 6.10 Å². The van der Waals surface area contributed by atoms with Crippen LogP contribution < -0.4 is 10.1 Å². The molecule has 3 heteroatoms. The van der Waals surface area contributed by atoms with Gasteiger partial charge in [0.15, 0.2) is 0 Å². The molecule has 1 aliphatic heterocycles. The summed E-state index contributed by atoms with van der Waals surface area (Å²) in [7, 11) is 0. The number of halogens is 1. The molecule has 0 aliphatic carbocycles. The van der Waals surface area contributed by atoms with E-state index in [-0.39, 0.29) is 12.4 Å². The van der Waals surface area contributed by atoms with E-state index in [1.54, 1.807) is 0 Å². The number of nitrogens with one attached hydrogen (secondary N) is 1. The molecule has 1 saturated heterocycles. The zero-order valence-corrected chi connectivity index (χ0v) is 9.36. The molecule has 1 heterocycles. The molecule has 1 aromatic rings. The Morgan fingerprint density at radius 1 is 1.29 bits per heavy atom. The third kappa shape index (κ3) is 2.20. The average molecular weight is 214 g/mol. The summed E-state index contributed by atoms with van der Waals surface area (Å²) in [5.41, 5.74) is 2.55. The lowest BCUT2D eigenvalue weighted by molar-refractivity contribution is 0.141. The van der Waals surface area contributed by atoms with Crippen molar-refractivity contribution in [2.45, 2.75) is 20.0 Å². The highest BCUT2D eigenvalue weighted by atomic mass is 35.5. The fourth-order valence-corrected chi connectivity index (χ4v) is 1.38. The molecule has 0 bridgehead atoms. The second-order valence-electron chi connectivity index (χ2n) is 3.60. The van der Waals surface area contributed by atoms with Crippen LogP contribution in [0.4, 0.5) is 0 Å². The first-order valence-corrected chi connectivity index (χ1v) is 4.71. The first-order chi connectivity index (χ1) is 6.27. The fourth-order valence-electron chi connectivity index (χ4n) is 1.38. The summed E-state index contributed by atoms with van der Waals surface area (Å²) in [6.45, 7) is 6.18. The topological polar surface area (TPSA) is 21.3 Å². The number of aryl methyl sites for hydroxylation is 1. The minimum atomic E-state index is 0. The van der Waals surface area contributed by atoms with Crippen LogP contribution in [-0.4, -0.2) is 19.2 Å². The van der Waals surface area contributed by atoms with Crippen molar-refractivity contribution in [1.29, 1.82) is 0 Å². The van der Waals surface area contributed by atoms with E-state index in [2.05, 4.69) is 25.2 Å². The van der Waals surface area contributed by atoms with Gasteiger partial charge < -0.3 is 10.1 Å². The molecule has 0 radical (unpaired) electrons. The molecule has 0 atom stereocenters. The SMILES string of the molecule is Cc1cccc(OC2CNC2)c1C.Cl. The van der Waals surface area contributed by atoms with Crippen molar-refractivity contribution >= 4 is 12.4 Å². The second kappa shape index (κ2) is 4.67. The van der Waals surface area contributed by atoms with Crippen LogP contribution in [0, 0.1) is 13.8 Å². The van der Waals surface area contributed by atoms with Gasteiger partial charge in [-0.25, -0.2) is 0 Å². The lowest BCUT2D eigenvalue weighted by atomic mass is 10.1. The maximum absolute atomic E-state index is 5.80. The van der Waals surface area contributed by atoms with Gasteiger partial charge in [-0.05, 0) is 31.0 Å². The van der Waals surface area contributed by atoms with E-state index in [1.807, 2.05) is 12.1 Å². The third-order valence-electron chi connectivity index (χ3n) is 2.59. The quantitative estimate of drug-likeness (QED) is 0.812. The third-order valence-corrected chi connectivity index (χ3v) is 2.59. The molecule has 0 amide bonds. The Balaban J connectivity index is 0.000000980. The van der Waals surface area contributed by atoms with Crippen molar-refractivity contribution in [2.75, 3.05) is 13.1 Å². The van der Waals surface area contributed by atoms with Crippen molar-refractivity contribution < 1.29 is 4.74 Å². The Labute approximate surface area is 91.1 Å². The second-order valence-corrected chi connectivity index (χ2v) is 3.60. The summed E-state index contributed by atoms with van der Waals surface area (Å²) in [6.07, 6.45) is 0.375. The number of hydrogen-bond acceptors (Lipinski definition) is 2. The van der Waals surface area contributed by atoms with Crippen LogP contribution in [-0.2, 0) is 0 Å². The molecule has 2 nitrogen and oxygen atoms in total. The van der Waals surface area contributed by atoms with Gasteiger partial charge in [-0.2, -0.15) is 0 Å². The molecule has 78 valence electrons. The van der Waals surface area contributed by atoms with Crippen LogP contribution in [0.1, 0.15) is 11.1 Å². The van der Waals surface area contributed by atoms with Crippen molar-refractivity contribution in [3.05, 3.63) is 29.3 Å². The zero-order chi connectivity index (χ0) is 9.26. The van der Waals surface area contributed by atoms with Crippen molar-refractivity contribution in [3.63, 3.8) is 0 Å². The van der Waals surface area contributed by atoms with Gasteiger partial charge in [0.2, 0.25) is 0 Å². The van der Waals surface area contributed by atoms with E-state index in [0.717, 1.165) is 18.8 Å². The monoisotopic (exact) mass is 213 g/mol. The summed E-state index contributed by atoms with van der Waals surface area (Å²) in [6, 6.07) is 6.20. The predicted molar refractivity (Wildman–Crippen MR) is 60.4 cm³/mol. The molecule has 1 aliphatic rings. The summed E-state index contributed by atoms with van der Waals surface area (Å²) < 4.78 is 5.80. The molecular formula is C11H16ClNO. The van der Waals surface area contributed by atoms with Gasteiger partial charge in [-0.15, -0.1) is 12.4 Å². The molecule has 0 unspecified atom stereocenters. The maximum atomic E-state index is 5.80. The van der Waals surface area contributed by atoms with Gasteiger partial charge >= 0.3 is 0 Å². The van der Waals surface area contributed by atoms with Crippen molar-refractivity contribution in [1.82, 2.24) is 5.32 Å². The molecule has 14 heavy (non-hydrogen) atoms. The van der Waals surface area contributed by atoms with Gasteiger partial charge in [0.25, 0.3) is 0 Å². The highest BCUT2D eigenvalue weighted by Gasteiger charge is 2.18. The van der Waals surface area contributed by atoms with Crippen LogP contribution in [0.5, 0.6) is 5.75 Å². The van der Waals surface area contributed by atoms with Crippen LogP contribution in [0.3, 0.4) is 0 Å². The summed E-state index contributed by atoms with van der Waals surface area (Å²) in [5, 5.41) is 3.19. The van der Waals surface area contributed by atoms with Gasteiger partial charge in [0, 0.05) is 13.1 Å². The minimum Gasteiger partial charge on any atom is -0.487 e. The van der Waals surface area contributed by atoms with Crippen molar-refractivity contribution in [3.8, 4) is 5.75 Å².